The zero-order valence-electron chi connectivity index (χ0n) is 16.5. The lowest BCUT2D eigenvalue weighted by Gasteiger charge is -2.17. The molecule has 0 bridgehead atoms. The van der Waals surface area contributed by atoms with Gasteiger partial charge in [-0.3, -0.25) is 4.79 Å². The molecule has 29 heavy (non-hydrogen) atoms. The fourth-order valence-corrected chi connectivity index (χ4v) is 6.68. The molecular formula is C19H27N3O5S2. The Bertz CT molecular complexity index is 1000. The topological polar surface area (TPSA) is 113 Å². The fourth-order valence-electron chi connectivity index (χ4n) is 3.68. The molecule has 2 aliphatic rings. The lowest BCUT2D eigenvalue weighted by molar-refractivity contribution is -0.116. The molecule has 2 heterocycles. The second-order valence-corrected chi connectivity index (χ2v) is 11.6. The van der Waals surface area contributed by atoms with E-state index in [9.17, 15) is 21.6 Å². The van der Waals surface area contributed by atoms with E-state index in [1.54, 1.807) is 12.1 Å². The number of likely N-dealkylation sites (tertiary alicyclic amines) is 1. The Morgan fingerprint density at radius 1 is 1.28 bits per heavy atom. The summed E-state index contributed by atoms with van der Waals surface area (Å²) in [7, 11) is -5.08. The van der Waals surface area contributed by atoms with Crippen LogP contribution in [-0.2, 0) is 24.7 Å². The third kappa shape index (κ3) is 6.02. The van der Waals surface area contributed by atoms with Gasteiger partial charge in [-0.05, 0) is 43.4 Å². The Morgan fingerprint density at radius 3 is 2.79 bits per heavy atom. The van der Waals surface area contributed by atoms with Crippen molar-refractivity contribution in [3.05, 3.63) is 24.3 Å². The first-order chi connectivity index (χ1) is 13.6. The number of carbonyl (C=O) groups is 1. The molecule has 0 aliphatic carbocycles. The van der Waals surface area contributed by atoms with Crippen molar-refractivity contribution in [1.82, 2.24) is 4.90 Å². The van der Waals surface area contributed by atoms with Gasteiger partial charge in [0.05, 0.1) is 16.4 Å². The summed E-state index contributed by atoms with van der Waals surface area (Å²) in [4.78, 5) is 14.1. The molecule has 0 saturated carbocycles. The van der Waals surface area contributed by atoms with Crippen molar-refractivity contribution in [3.63, 3.8) is 0 Å². The van der Waals surface area contributed by atoms with Gasteiger partial charge in [-0.15, -0.1) is 4.40 Å². The minimum absolute atomic E-state index is 0.0175. The number of benzene rings is 1. The van der Waals surface area contributed by atoms with E-state index in [0.717, 1.165) is 25.8 Å². The summed E-state index contributed by atoms with van der Waals surface area (Å²) in [5.41, 5.74) is 0.353. The molecule has 1 aromatic rings. The van der Waals surface area contributed by atoms with Crippen molar-refractivity contribution in [2.24, 2.45) is 10.3 Å². The van der Waals surface area contributed by atoms with Crippen molar-refractivity contribution in [2.45, 2.75) is 43.4 Å². The predicted molar refractivity (Wildman–Crippen MR) is 112 cm³/mol. The van der Waals surface area contributed by atoms with Crippen molar-refractivity contribution in [3.8, 4) is 0 Å². The lowest BCUT2D eigenvalue weighted by Crippen LogP contribution is -2.26. The van der Waals surface area contributed by atoms with Gasteiger partial charge >= 0.3 is 0 Å². The zero-order chi connectivity index (χ0) is 21.1. The Hall–Kier alpha value is -1.94. The molecule has 8 nitrogen and oxygen atoms in total. The van der Waals surface area contributed by atoms with Crippen LogP contribution in [0, 0.1) is 5.92 Å². The molecule has 0 spiro atoms. The minimum atomic E-state index is -3.89. The molecule has 2 fully saturated rings. The van der Waals surface area contributed by atoms with Crippen molar-refractivity contribution >= 4 is 37.3 Å². The van der Waals surface area contributed by atoms with Crippen LogP contribution in [0.4, 0.5) is 5.69 Å². The maximum atomic E-state index is 12.8. The highest BCUT2D eigenvalue weighted by atomic mass is 32.2. The summed E-state index contributed by atoms with van der Waals surface area (Å²) in [5.74, 6) is 0.188. The molecule has 1 unspecified atom stereocenters. The van der Waals surface area contributed by atoms with Crippen LogP contribution < -0.4 is 5.32 Å². The number of sulfonamides is 1. The van der Waals surface area contributed by atoms with Crippen LogP contribution in [-0.4, -0.2) is 58.6 Å². The van der Waals surface area contributed by atoms with Gasteiger partial charge in [-0.1, -0.05) is 12.5 Å². The largest absolute Gasteiger partial charge is 0.362 e. The van der Waals surface area contributed by atoms with Crippen LogP contribution >= 0.6 is 0 Å². The average Bonchev–Trinajstić information content (AvgIpc) is 2.85. The molecular weight excluding hydrogens is 414 g/mol. The van der Waals surface area contributed by atoms with E-state index >= 15 is 0 Å². The number of amides is 1. The highest BCUT2D eigenvalue weighted by Crippen LogP contribution is 2.23. The average molecular weight is 442 g/mol. The Labute approximate surface area is 172 Å². The van der Waals surface area contributed by atoms with Crippen molar-refractivity contribution in [2.75, 3.05) is 30.4 Å². The van der Waals surface area contributed by atoms with E-state index in [2.05, 4.69) is 9.71 Å². The van der Waals surface area contributed by atoms with Gasteiger partial charge in [0, 0.05) is 32.1 Å². The molecule has 10 heteroatoms. The van der Waals surface area contributed by atoms with Crippen LogP contribution in [0.25, 0.3) is 0 Å². The Balaban J connectivity index is 1.70. The number of amidine groups is 1. The number of hydrogen-bond acceptors (Lipinski definition) is 5. The quantitative estimate of drug-likeness (QED) is 0.748. The SMILES string of the molecule is CN1CCCCC/C1=N\S(=O)(=O)c1cccc(NC(=O)CC2CCS(=O)(=O)C2)c1. The van der Waals surface area contributed by atoms with E-state index in [1.807, 2.05) is 11.9 Å². The number of hydrogen-bond donors (Lipinski definition) is 1. The first-order valence-electron chi connectivity index (χ1n) is 9.80. The summed E-state index contributed by atoms with van der Waals surface area (Å²) in [5, 5.41) is 2.67. The summed E-state index contributed by atoms with van der Waals surface area (Å²) in [6.07, 6.45) is 4.17. The number of anilines is 1. The van der Waals surface area contributed by atoms with Crippen LogP contribution in [0.5, 0.6) is 0 Å². The van der Waals surface area contributed by atoms with Gasteiger partial charge in [0.25, 0.3) is 10.0 Å². The second kappa shape index (κ2) is 8.83. The molecule has 160 valence electrons. The highest BCUT2D eigenvalue weighted by molar-refractivity contribution is 7.91. The molecule has 1 amide bonds. The smallest absolute Gasteiger partial charge is 0.284 e. The van der Waals surface area contributed by atoms with E-state index in [4.69, 9.17) is 0 Å². The molecule has 1 N–H and O–H groups in total. The third-order valence-corrected chi connectivity index (χ3v) is 8.41. The maximum Gasteiger partial charge on any atom is 0.284 e. The van der Waals surface area contributed by atoms with Gasteiger partial charge in [-0.2, -0.15) is 8.42 Å². The summed E-state index contributed by atoms with van der Waals surface area (Å²) < 4.78 is 52.6. The van der Waals surface area contributed by atoms with Gasteiger partial charge in [0.15, 0.2) is 9.84 Å². The molecule has 1 atom stereocenters. The van der Waals surface area contributed by atoms with Crippen molar-refractivity contribution < 1.29 is 21.6 Å². The lowest BCUT2D eigenvalue weighted by atomic mass is 10.1. The first-order valence-corrected chi connectivity index (χ1v) is 13.1. The number of nitrogens with zero attached hydrogens (tertiary/aromatic N) is 2. The van der Waals surface area contributed by atoms with Gasteiger partial charge in [0.2, 0.25) is 5.91 Å². The number of rotatable bonds is 5. The normalized spacial score (nSPS) is 23.7. The summed E-state index contributed by atoms with van der Waals surface area (Å²) in [6.45, 7) is 0.779. The van der Waals surface area contributed by atoms with Crippen LogP contribution in [0.1, 0.15) is 38.5 Å². The maximum absolute atomic E-state index is 12.8. The minimum Gasteiger partial charge on any atom is -0.362 e. The number of sulfone groups is 1. The zero-order valence-corrected chi connectivity index (χ0v) is 18.1. The third-order valence-electron chi connectivity index (χ3n) is 5.28. The van der Waals surface area contributed by atoms with E-state index in [-0.39, 0.29) is 34.6 Å². The summed E-state index contributed by atoms with van der Waals surface area (Å²) in [6, 6.07) is 6.00. The molecule has 0 aromatic heterocycles. The second-order valence-electron chi connectivity index (χ2n) is 7.76. The number of carbonyl (C=O) groups excluding carboxylic acids is 1. The van der Waals surface area contributed by atoms with Crippen LogP contribution in [0.2, 0.25) is 0 Å². The van der Waals surface area contributed by atoms with Gasteiger partial charge in [0.1, 0.15) is 5.84 Å². The first kappa shape index (κ1) is 21.8. The molecule has 2 saturated heterocycles. The standard InChI is InChI=1S/C19H27N3O5S2/c1-22-10-4-2-3-8-18(22)21-29(26,27)17-7-5-6-16(13-17)20-19(23)12-15-9-11-28(24,25)14-15/h5-7,13,15H,2-4,8-12,14H2,1H3,(H,20,23)/b21-18+. The van der Waals surface area contributed by atoms with E-state index in [1.165, 1.54) is 12.1 Å². The van der Waals surface area contributed by atoms with Crippen LogP contribution in [0.15, 0.2) is 33.6 Å². The monoisotopic (exact) mass is 441 g/mol. The molecule has 2 aliphatic heterocycles. The fraction of sp³-hybridized carbons (Fsp3) is 0.579. The predicted octanol–water partition coefficient (Wildman–Crippen LogP) is 2.04. The Kier molecular flexibility index (Phi) is 6.62. The summed E-state index contributed by atoms with van der Waals surface area (Å²) >= 11 is 0. The van der Waals surface area contributed by atoms with Gasteiger partial charge in [-0.25, -0.2) is 8.42 Å². The van der Waals surface area contributed by atoms with E-state index in [0.29, 0.717) is 24.4 Å². The Morgan fingerprint density at radius 2 is 2.07 bits per heavy atom. The number of nitrogens with one attached hydrogen (secondary N) is 1. The van der Waals surface area contributed by atoms with Gasteiger partial charge < -0.3 is 10.2 Å². The molecule has 1 aromatic carbocycles. The van der Waals surface area contributed by atoms with Crippen molar-refractivity contribution in [1.29, 1.82) is 0 Å². The molecule has 3 rings (SSSR count). The van der Waals surface area contributed by atoms with E-state index < -0.39 is 19.9 Å². The highest BCUT2D eigenvalue weighted by Gasteiger charge is 2.29. The molecule has 0 radical (unpaired) electrons. The van der Waals surface area contributed by atoms with Crippen LogP contribution in [0.3, 0.4) is 0 Å².